The molecular weight excluding hydrogens is 432 g/mol. The lowest BCUT2D eigenvalue weighted by Crippen LogP contribution is -2.59. The van der Waals surface area contributed by atoms with Crippen LogP contribution < -0.4 is 10.6 Å². The van der Waals surface area contributed by atoms with Gasteiger partial charge in [-0.1, -0.05) is 29.5 Å². The average molecular weight is 453 g/mol. The maximum atomic E-state index is 10.7. The molecule has 0 radical (unpaired) electrons. The van der Waals surface area contributed by atoms with E-state index >= 15 is 0 Å². The number of anilines is 3. The van der Waals surface area contributed by atoms with Crippen molar-refractivity contribution in [2.24, 2.45) is 0 Å². The molecule has 1 fully saturated rings. The van der Waals surface area contributed by atoms with E-state index in [1.54, 1.807) is 13.1 Å². The third kappa shape index (κ3) is 3.44. The predicted molar refractivity (Wildman–Crippen MR) is 123 cm³/mol. The SMILES string of the molecule is CN1CC2(C1)CN(c1nc(N)ncc1Cl)c1cc(C#C[C@](C)(O)c3nccs3)ccc12. The zero-order valence-corrected chi connectivity index (χ0v) is 18.7. The quantitative estimate of drug-likeness (QED) is 0.577. The second kappa shape index (κ2) is 7.18. The monoisotopic (exact) mass is 452 g/mol. The van der Waals surface area contributed by atoms with Gasteiger partial charge >= 0.3 is 0 Å². The molecule has 2 aliphatic rings. The molecule has 1 atom stereocenters. The van der Waals surface area contributed by atoms with E-state index < -0.39 is 5.60 Å². The highest BCUT2D eigenvalue weighted by atomic mass is 35.5. The summed E-state index contributed by atoms with van der Waals surface area (Å²) < 4.78 is 0. The van der Waals surface area contributed by atoms with E-state index in [2.05, 4.69) is 49.7 Å². The summed E-state index contributed by atoms with van der Waals surface area (Å²) in [6, 6.07) is 6.16. The van der Waals surface area contributed by atoms with Gasteiger partial charge < -0.3 is 20.6 Å². The lowest BCUT2D eigenvalue weighted by molar-refractivity contribution is 0.107. The van der Waals surface area contributed by atoms with E-state index in [1.165, 1.54) is 23.1 Å². The summed E-state index contributed by atoms with van der Waals surface area (Å²) >= 11 is 7.82. The van der Waals surface area contributed by atoms with Crippen molar-refractivity contribution in [2.75, 3.05) is 37.3 Å². The Kier molecular flexibility index (Phi) is 4.68. The Bertz CT molecular complexity index is 1210. The van der Waals surface area contributed by atoms with Crippen LogP contribution in [0.15, 0.2) is 36.0 Å². The summed E-state index contributed by atoms with van der Waals surface area (Å²) in [6.45, 7) is 4.33. The van der Waals surface area contributed by atoms with E-state index in [-0.39, 0.29) is 11.4 Å². The fraction of sp³-hybridized carbons (Fsp3) is 0.318. The molecule has 3 N–H and O–H groups in total. The highest BCUT2D eigenvalue weighted by molar-refractivity contribution is 7.09. The number of nitrogens with two attached hydrogens (primary N) is 1. The smallest absolute Gasteiger partial charge is 0.222 e. The second-order valence-electron chi connectivity index (χ2n) is 8.33. The van der Waals surface area contributed by atoms with E-state index in [0.29, 0.717) is 15.8 Å². The van der Waals surface area contributed by atoms with Crippen LogP contribution in [0.2, 0.25) is 5.02 Å². The van der Waals surface area contributed by atoms with Gasteiger partial charge in [-0.25, -0.2) is 9.97 Å². The highest BCUT2D eigenvalue weighted by Gasteiger charge is 2.50. The first-order chi connectivity index (χ1) is 14.8. The molecule has 0 saturated carbocycles. The molecule has 3 aromatic rings. The Balaban J connectivity index is 1.57. The van der Waals surface area contributed by atoms with Gasteiger partial charge in [-0.2, -0.15) is 4.98 Å². The summed E-state index contributed by atoms with van der Waals surface area (Å²) in [5.41, 5.74) is 7.61. The van der Waals surface area contributed by atoms with Crippen LogP contribution in [0, 0.1) is 11.8 Å². The standard InChI is InChI=1S/C22H21ClN6OS/c1-21(30,19-25-7-8-31-19)6-5-14-3-4-15-17(9-14)29(13-22(15)11-28(2)12-22)18-16(23)10-26-20(24)27-18/h3-4,7-10,30H,11-13H2,1-2H3,(H2,24,26,27)/t21-/m0/s1. The van der Waals surface area contributed by atoms with Gasteiger partial charge in [0, 0.05) is 47.9 Å². The molecule has 1 saturated heterocycles. The average Bonchev–Trinajstić information content (AvgIpc) is 3.36. The molecule has 7 nitrogen and oxygen atoms in total. The number of likely N-dealkylation sites (tertiary alicyclic amines) is 1. The number of nitrogen functional groups attached to an aromatic ring is 1. The number of likely N-dealkylation sites (N-methyl/N-ethyl adjacent to an activating group) is 1. The summed E-state index contributed by atoms with van der Waals surface area (Å²) in [6.07, 6.45) is 3.20. The zero-order chi connectivity index (χ0) is 21.8. The van der Waals surface area contributed by atoms with Crippen LogP contribution in [0.4, 0.5) is 17.5 Å². The zero-order valence-electron chi connectivity index (χ0n) is 17.1. The fourth-order valence-electron chi connectivity index (χ4n) is 4.47. The molecule has 0 bridgehead atoms. The molecule has 5 rings (SSSR count). The first kappa shape index (κ1) is 20.2. The first-order valence-electron chi connectivity index (χ1n) is 9.82. The van der Waals surface area contributed by atoms with E-state index in [1.807, 2.05) is 17.5 Å². The number of hydrogen-bond donors (Lipinski definition) is 2. The first-order valence-corrected chi connectivity index (χ1v) is 11.1. The van der Waals surface area contributed by atoms with Crippen LogP contribution in [-0.2, 0) is 11.0 Å². The Morgan fingerprint density at radius 3 is 2.81 bits per heavy atom. The van der Waals surface area contributed by atoms with Gasteiger partial charge in [-0.15, -0.1) is 11.3 Å². The van der Waals surface area contributed by atoms with Crippen molar-refractivity contribution in [3.05, 3.63) is 57.1 Å². The summed E-state index contributed by atoms with van der Waals surface area (Å²) in [5, 5.41) is 13.5. The van der Waals surface area contributed by atoms with Crippen molar-refractivity contribution in [2.45, 2.75) is 17.9 Å². The number of aromatic nitrogens is 3. The van der Waals surface area contributed by atoms with Gasteiger partial charge in [0.15, 0.2) is 11.4 Å². The van der Waals surface area contributed by atoms with Gasteiger partial charge in [0.25, 0.3) is 0 Å². The number of hydrogen-bond acceptors (Lipinski definition) is 8. The van der Waals surface area contributed by atoms with Crippen LogP contribution >= 0.6 is 22.9 Å². The molecular formula is C22H21ClN6OS. The largest absolute Gasteiger partial charge is 0.371 e. The third-order valence-electron chi connectivity index (χ3n) is 5.76. The van der Waals surface area contributed by atoms with Gasteiger partial charge in [0.2, 0.25) is 5.95 Å². The van der Waals surface area contributed by atoms with Crippen molar-refractivity contribution >= 4 is 40.4 Å². The Hall–Kier alpha value is -2.70. The number of thiazole rings is 1. The molecule has 4 heterocycles. The van der Waals surface area contributed by atoms with Gasteiger partial charge in [-0.05, 0) is 31.7 Å². The van der Waals surface area contributed by atoms with E-state index in [4.69, 9.17) is 17.3 Å². The minimum absolute atomic E-state index is 0.0193. The normalized spacial score (nSPS) is 18.8. The van der Waals surface area contributed by atoms with Crippen LogP contribution in [-0.4, -0.2) is 51.6 Å². The molecule has 2 aliphatic heterocycles. The molecule has 1 aromatic carbocycles. The third-order valence-corrected chi connectivity index (χ3v) is 7.02. The number of rotatable bonds is 2. The van der Waals surface area contributed by atoms with Crippen LogP contribution in [0.25, 0.3) is 0 Å². The number of aliphatic hydroxyl groups is 1. The van der Waals surface area contributed by atoms with Gasteiger partial charge in [0.1, 0.15) is 10.0 Å². The van der Waals surface area contributed by atoms with Crippen molar-refractivity contribution in [1.82, 2.24) is 19.9 Å². The number of halogens is 1. The number of benzene rings is 1. The van der Waals surface area contributed by atoms with Crippen molar-refractivity contribution in [3.63, 3.8) is 0 Å². The molecule has 9 heteroatoms. The topological polar surface area (TPSA) is 91.4 Å². The fourth-order valence-corrected chi connectivity index (χ4v) is 5.32. The highest BCUT2D eigenvalue weighted by Crippen LogP contribution is 2.49. The number of fused-ring (bicyclic) bond motifs is 2. The van der Waals surface area contributed by atoms with Crippen molar-refractivity contribution < 1.29 is 5.11 Å². The molecule has 0 unspecified atom stereocenters. The molecule has 31 heavy (non-hydrogen) atoms. The molecule has 1 spiro atoms. The summed E-state index contributed by atoms with van der Waals surface area (Å²) in [7, 11) is 2.11. The molecule has 0 amide bonds. The lowest BCUT2D eigenvalue weighted by atomic mass is 9.75. The maximum absolute atomic E-state index is 10.7. The van der Waals surface area contributed by atoms with E-state index in [9.17, 15) is 5.11 Å². The maximum Gasteiger partial charge on any atom is 0.222 e. The van der Waals surface area contributed by atoms with Crippen LogP contribution in [0.1, 0.15) is 23.1 Å². The van der Waals surface area contributed by atoms with Gasteiger partial charge in [0.05, 0.1) is 6.20 Å². The summed E-state index contributed by atoms with van der Waals surface area (Å²) in [5.74, 6) is 6.85. The minimum atomic E-state index is -1.31. The predicted octanol–water partition coefficient (Wildman–Crippen LogP) is 2.76. The molecule has 0 aliphatic carbocycles. The van der Waals surface area contributed by atoms with Crippen LogP contribution in [0.5, 0.6) is 0 Å². The van der Waals surface area contributed by atoms with E-state index in [0.717, 1.165) is 30.9 Å². The second-order valence-corrected chi connectivity index (χ2v) is 9.63. The molecule has 2 aromatic heterocycles. The minimum Gasteiger partial charge on any atom is -0.371 e. The molecule has 158 valence electrons. The Morgan fingerprint density at radius 1 is 1.29 bits per heavy atom. The summed E-state index contributed by atoms with van der Waals surface area (Å²) in [4.78, 5) is 17.0. The lowest BCUT2D eigenvalue weighted by Gasteiger charge is -2.46. The van der Waals surface area contributed by atoms with Gasteiger partial charge in [-0.3, -0.25) is 0 Å². The van der Waals surface area contributed by atoms with Crippen molar-refractivity contribution in [1.29, 1.82) is 0 Å². The van der Waals surface area contributed by atoms with Crippen molar-refractivity contribution in [3.8, 4) is 11.8 Å². The number of nitrogens with zero attached hydrogens (tertiary/aromatic N) is 5. The Morgan fingerprint density at radius 2 is 2.10 bits per heavy atom. The van der Waals surface area contributed by atoms with Crippen LogP contribution in [0.3, 0.4) is 0 Å². The Labute approximate surface area is 189 Å².